The number of aliphatic hydroxyl groups is 1. The average molecular weight is 355 g/mol. The van der Waals surface area contributed by atoms with Crippen LogP contribution in [0.2, 0.25) is 0 Å². The smallest absolute Gasteiger partial charge is 0.122 e. The van der Waals surface area contributed by atoms with E-state index in [0.29, 0.717) is 12.2 Å². The quantitative estimate of drug-likeness (QED) is 0.743. The van der Waals surface area contributed by atoms with Crippen LogP contribution in [0.1, 0.15) is 80.5 Å². The lowest BCUT2D eigenvalue weighted by Gasteiger charge is -2.26. The summed E-state index contributed by atoms with van der Waals surface area (Å²) in [5.41, 5.74) is 7.34. The van der Waals surface area contributed by atoms with Crippen LogP contribution in [0.5, 0.6) is 5.75 Å². The van der Waals surface area contributed by atoms with Gasteiger partial charge in [-0.05, 0) is 52.5 Å². The first-order valence-electron chi connectivity index (χ1n) is 9.41. The Labute approximate surface area is 158 Å². The van der Waals surface area contributed by atoms with Crippen molar-refractivity contribution in [3.05, 3.63) is 63.2 Å². The van der Waals surface area contributed by atoms with E-state index in [2.05, 4.69) is 79.7 Å². The number of phenolic OH excluding ortho intramolecular Hbond substituents is 1. The summed E-state index contributed by atoms with van der Waals surface area (Å²) in [5.74, 6) is 0.380. The maximum absolute atomic E-state index is 10.9. The number of aliphatic hydroxyl groups excluding tert-OH is 1. The molecule has 0 fully saturated rings. The largest absolute Gasteiger partial charge is 0.507 e. The minimum Gasteiger partial charge on any atom is -0.507 e. The molecule has 0 spiro atoms. The van der Waals surface area contributed by atoms with Gasteiger partial charge in [0.1, 0.15) is 5.75 Å². The molecule has 0 bridgehead atoms. The van der Waals surface area contributed by atoms with E-state index in [4.69, 9.17) is 0 Å². The molecule has 0 aliphatic rings. The van der Waals surface area contributed by atoms with Gasteiger partial charge in [-0.1, -0.05) is 76.9 Å². The molecule has 0 atom stereocenters. The third-order valence-corrected chi connectivity index (χ3v) is 4.97. The van der Waals surface area contributed by atoms with Crippen LogP contribution >= 0.6 is 0 Å². The van der Waals surface area contributed by atoms with E-state index in [1.54, 1.807) is 0 Å². The van der Waals surface area contributed by atoms with E-state index in [0.717, 1.165) is 27.8 Å². The number of hydrogen-bond acceptors (Lipinski definition) is 2. The zero-order chi connectivity index (χ0) is 19.9. The van der Waals surface area contributed by atoms with Gasteiger partial charge >= 0.3 is 0 Å². The van der Waals surface area contributed by atoms with Gasteiger partial charge in [-0.2, -0.15) is 0 Å². The Morgan fingerprint density at radius 1 is 0.731 bits per heavy atom. The zero-order valence-electron chi connectivity index (χ0n) is 17.6. The van der Waals surface area contributed by atoms with Crippen molar-refractivity contribution in [3.8, 4) is 5.75 Å². The molecule has 0 aliphatic carbocycles. The van der Waals surface area contributed by atoms with Crippen molar-refractivity contribution in [2.45, 2.75) is 79.2 Å². The molecule has 0 saturated heterocycles. The van der Waals surface area contributed by atoms with Crippen molar-refractivity contribution in [1.82, 2.24) is 0 Å². The van der Waals surface area contributed by atoms with Crippen molar-refractivity contribution in [2.75, 3.05) is 0 Å². The van der Waals surface area contributed by atoms with E-state index in [1.165, 1.54) is 11.1 Å². The molecule has 2 rings (SSSR count). The van der Waals surface area contributed by atoms with Crippen molar-refractivity contribution < 1.29 is 10.2 Å². The lowest BCUT2D eigenvalue weighted by Crippen LogP contribution is -2.17. The minimum absolute atomic E-state index is 0.0148. The van der Waals surface area contributed by atoms with Gasteiger partial charge in [-0.15, -0.1) is 0 Å². The van der Waals surface area contributed by atoms with Crippen LogP contribution in [0.4, 0.5) is 0 Å². The predicted octanol–water partition coefficient (Wildman–Crippen LogP) is 5.69. The Balaban J connectivity index is 2.63. The van der Waals surface area contributed by atoms with E-state index in [1.807, 2.05) is 0 Å². The molecule has 0 unspecified atom stereocenters. The molecule has 2 aromatic rings. The van der Waals surface area contributed by atoms with Gasteiger partial charge in [0.25, 0.3) is 0 Å². The first-order valence-corrected chi connectivity index (χ1v) is 9.41. The summed E-state index contributed by atoms with van der Waals surface area (Å²) in [4.78, 5) is 0. The van der Waals surface area contributed by atoms with Crippen LogP contribution < -0.4 is 0 Å². The molecule has 0 aliphatic heterocycles. The summed E-state index contributed by atoms with van der Waals surface area (Å²) in [7, 11) is 0. The molecule has 2 aromatic carbocycles. The van der Waals surface area contributed by atoms with Crippen molar-refractivity contribution >= 4 is 0 Å². The highest BCUT2D eigenvalue weighted by Gasteiger charge is 2.23. The molecule has 0 aromatic heterocycles. The molecular formula is C24H34O2. The number of benzene rings is 2. The van der Waals surface area contributed by atoms with Crippen LogP contribution in [-0.2, 0) is 23.9 Å². The molecule has 26 heavy (non-hydrogen) atoms. The van der Waals surface area contributed by atoms with Gasteiger partial charge < -0.3 is 10.2 Å². The number of phenols is 1. The van der Waals surface area contributed by atoms with E-state index < -0.39 is 0 Å². The third kappa shape index (κ3) is 4.29. The highest BCUT2D eigenvalue weighted by atomic mass is 16.3. The van der Waals surface area contributed by atoms with Crippen LogP contribution in [-0.4, -0.2) is 10.2 Å². The van der Waals surface area contributed by atoms with Crippen LogP contribution in [0.15, 0.2) is 24.3 Å². The summed E-state index contributed by atoms with van der Waals surface area (Å²) < 4.78 is 0. The average Bonchev–Trinajstić information content (AvgIpc) is 2.48. The zero-order valence-corrected chi connectivity index (χ0v) is 17.6. The first-order chi connectivity index (χ1) is 11.8. The lowest BCUT2D eigenvalue weighted by molar-refractivity contribution is 0.277. The Kier molecular flexibility index (Phi) is 5.58. The molecule has 0 saturated carbocycles. The first kappa shape index (κ1) is 20.5. The maximum Gasteiger partial charge on any atom is 0.122 e. The summed E-state index contributed by atoms with van der Waals surface area (Å²) in [5, 5.41) is 21.0. The van der Waals surface area contributed by atoms with Crippen molar-refractivity contribution in [3.63, 3.8) is 0 Å². The Morgan fingerprint density at radius 3 is 1.65 bits per heavy atom. The molecule has 0 amide bonds. The Hall–Kier alpha value is -1.80. The SMILES string of the molecule is Cc1cc(Cc2cc(C)cc(C(C)(C)C)c2CO)c(O)c(C(C)(C)C)c1. The Bertz CT molecular complexity index is 802. The topological polar surface area (TPSA) is 40.5 Å². The standard InChI is InChI=1S/C24H34O2/c1-15-9-17(19(14-25)20(11-15)23(3,4)5)13-18-10-16(2)12-21(22(18)26)24(6,7)8/h9-12,25-26H,13-14H2,1-8H3. The van der Waals surface area contributed by atoms with E-state index in [-0.39, 0.29) is 17.4 Å². The van der Waals surface area contributed by atoms with Gasteiger partial charge in [-0.3, -0.25) is 0 Å². The predicted molar refractivity (Wildman–Crippen MR) is 110 cm³/mol. The summed E-state index contributed by atoms with van der Waals surface area (Å²) in [6, 6.07) is 8.44. The normalized spacial score (nSPS) is 12.5. The Morgan fingerprint density at radius 2 is 1.19 bits per heavy atom. The molecule has 2 N–H and O–H groups in total. The molecule has 0 radical (unpaired) electrons. The molecule has 2 nitrogen and oxygen atoms in total. The van der Waals surface area contributed by atoms with Gasteiger partial charge in [0, 0.05) is 6.42 Å². The monoisotopic (exact) mass is 354 g/mol. The minimum atomic E-state index is -0.117. The number of aromatic hydroxyl groups is 1. The fraction of sp³-hybridized carbons (Fsp3) is 0.500. The van der Waals surface area contributed by atoms with Crippen molar-refractivity contribution in [2.24, 2.45) is 0 Å². The van der Waals surface area contributed by atoms with Crippen LogP contribution in [0.3, 0.4) is 0 Å². The number of hydrogen-bond donors (Lipinski definition) is 2. The highest BCUT2D eigenvalue weighted by Crippen LogP contribution is 2.37. The second kappa shape index (κ2) is 7.08. The van der Waals surface area contributed by atoms with Gasteiger partial charge in [0.05, 0.1) is 6.61 Å². The van der Waals surface area contributed by atoms with Gasteiger partial charge in [0.15, 0.2) is 0 Å². The summed E-state index contributed by atoms with van der Waals surface area (Å²) in [6.07, 6.45) is 0.622. The van der Waals surface area contributed by atoms with Gasteiger partial charge in [-0.25, -0.2) is 0 Å². The molecular weight excluding hydrogens is 320 g/mol. The fourth-order valence-corrected chi connectivity index (χ4v) is 3.67. The highest BCUT2D eigenvalue weighted by molar-refractivity contribution is 5.51. The molecule has 0 heterocycles. The van der Waals surface area contributed by atoms with E-state index >= 15 is 0 Å². The fourth-order valence-electron chi connectivity index (χ4n) is 3.67. The van der Waals surface area contributed by atoms with Crippen LogP contribution in [0, 0.1) is 13.8 Å². The number of rotatable bonds is 3. The van der Waals surface area contributed by atoms with Crippen LogP contribution in [0.25, 0.3) is 0 Å². The second-order valence-corrected chi connectivity index (χ2v) is 9.61. The third-order valence-electron chi connectivity index (χ3n) is 4.97. The summed E-state index contributed by atoms with van der Waals surface area (Å²) >= 11 is 0. The molecule has 142 valence electrons. The lowest BCUT2D eigenvalue weighted by atomic mass is 9.79. The number of aryl methyl sites for hydroxylation is 2. The molecule has 2 heteroatoms. The maximum atomic E-state index is 10.9. The van der Waals surface area contributed by atoms with Gasteiger partial charge in [0.2, 0.25) is 0 Å². The van der Waals surface area contributed by atoms with E-state index in [9.17, 15) is 10.2 Å². The second-order valence-electron chi connectivity index (χ2n) is 9.61. The van der Waals surface area contributed by atoms with Crippen molar-refractivity contribution in [1.29, 1.82) is 0 Å². The summed E-state index contributed by atoms with van der Waals surface area (Å²) in [6.45, 7) is 17.1.